The lowest BCUT2D eigenvalue weighted by Gasteiger charge is -2.10. The molecule has 0 radical (unpaired) electrons. The maximum Gasteiger partial charge on any atom is 0.240 e. The standard InChI is InChI=1S/C13H21NO4S/c1-11-4-5-12(2)13(10-11)19(16,17)14-6-3-8-18-9-7-15/h4-5,10,14-15H,3,6-9H2,1-2H3. The van der Waals surface area contributed by atoms with Crippen LogP contribution in [0.25, 0.3) is 0 Å². The van der Waals surface area contributed by atoms with Crippen LogP contribution in [0.2, 0.25) is 0 Å². The molecule has 0 atom stereocenters. The summed E-state index contributed by atoms with van der Waals surface area (Å²) in [5.74, 6) is 0. The third kappa shape index (κ3) is 5.28. The number of rotatable bonds is 8. The summed E-state index contributed by atoms with van der Waals surface area (Å²) in [6, 6.07) is 5.35. The van der Waals surface area contributed by atoms with Crippen LogP contribution in [0.1, 0.15) is 17.5 Å². The Kier molecular flexibility index (Phi) is 6.44. The van der Waals surface area contributed by atoms with Gasteiger partial charge in [0.05, 0.1) is 18.1 Å². The second-order valence-electron chi connectivity index (χ2n) is 4.36. The molecule has 5 nitrogen and oxygen atoms in total. The molecule has 1 rings (SSSR count). The molecule has 108 valence electrons. The van der Waals surface area contributed by atoms with Gasteiger partial charge >= 0.3 is 0 Å². The van der Waals surface area contributed by atoms with Gasteiger partial charge in [-0.1, -0.05) is 12.1 Å². The first-order chi connectivity index (χ1) is 8.97. The van der Waals surface area contributed by atoms with E-state index in [1.54, 1.807) is 19.1 Å². The van der Waals surface area contributed by atoms with Crippen molar-refractivity contribution in [3.63, 3.8) is 0 Å². The first-order valence-corrected chi connectivity index (χ1v) is 7.71. The van der Waals surface area contributed by atoms with Crippen molar-refractivity contribution in [2.24, 2.45) is 0 Å². The molecule has 0 heterocycles. The lowest BCUT2D eigenvalue weighted by atomic mass is 10.2. The van der Waals surface area contributed by atoms with E-state index in [0.29, 0.717) is 24.5 Å². The summed E-state index contributed by atoms with van der Waals surface area (Å²) in [4.78, 5) is 0.323. The molecule has 0 unspecified atom stereocenters. The number of hydrogen-bond acceptors (Lipinski definition) is 4. The van der Waals surface area contributed by atoms with Crippen LogP contribution in [-0.4, -0.2) is 39.9 Å². The van der Waals surface area contributed by atoms with E-state index in [-0.39, 0.29) is 13.2 Å². The molecule has 0 aliphatic rings. The van der Waals surface area contributed by atoms with Crippen LogP contribution in [0.4, 0.5) is 0 Å². The first-order valence-electron chi connectivity index (χ1n) is 6.23. The second-order valence-corrected chi connectivity index (χ2v) is 6.09. The van der Waals surface area contributed by atoms with Crippen molar-refractivity contribution in [1.29, 1.82) is 0 Å². The molecule has 0 saturated heterocycles. The van der Waals surface area contributed by atoms with Crippen LogP contribution in [0, 0.1) is 13.8 Å². The van der Waals surface area contributed by atoms with Gasteiger partial charge in [-0.05, 0) is 37.5 Å². The van der Waals surface area contributed by atoms with Crippen LogP contribution in [0.5, 0.6) is 0 Å². The Morgan fingerprint density at radius 3 is 2.68 bits per heavy atom. The maximum atomic E-state index is 12.1. The summed E-state index contributed by atoms with van der Waals surface area (Å²) in [6.45, 7) is 4.65. The second kappa shape index (κ2) is 7.59. The SMILES string of the molecule is Cc1ccc(C)c(S(=O)(=O)NCCCOCCO)c1. The van der Waals surface area contributed by atoms with Crippen molar-refractivity contribution in [2.45, 2.75) is 25.2 Å². The normalized spacial score (nSPS) is 11.7. The lowest BCUT2D eigenvalue weighted by Crippen LogP contribution is -2.26. The zero-order valence-electron chi connectivity index (χ0n) is 11.3. The minimum absolute atomic E-state index is 0.0196. The smallest absolute Gasteiger partial charge is 0.240 e. The summed E-state index contributed by atoms with van der Waals surface area (Å²) in [7, 11) is -3.46. The molecule has 0 fully saturated rings. The van der Waals surface area contributed by atoms with Crippen LogP contribution >= 0.6 is 0 Å². The van der Waals surface area contributed by atoms with E-state index in [0.717, 1.165) is 11.1 Å². The van der Waals surface area contributed by atoms with Gasteiger partial charge in [0.15, 0.2) is 0 Å². The lowest BCUT2D eigenvalue weighted by molar-refractivity contribution is 0.0913. The summed E-state index contributed by atoms with van der Waals surface area (Å²) in [6.07, 6.45) is 0.574. The predicted octanol–water partition coefficient (Wildman–Crippen LogP) is 0.981. The predicted molar refractivity (Wildman–Crippen MR) is 73.6 cm³/mol. The van der Waals surface area contributed by atoms with Crippen LogP contribution < -0.4 is 4.72 Å². The van der Waals surface area contributed by atoms with Crippen molar-refractivity contribution in [1.82, 2.24) is 4.72 Å². The molecule has 0 aromatic heterocycles. The third-order valence-electron chi connectivity index (χ3n) is 2.63. The third-order valence-corrected chi connectivity index (χ3v) is 4.23. The quantitative estimate of drug-likeness (QED) is 0.699. The number of aliphatic hydroxyl groups is 1. The van der Waals surface area contributed by atoms with E-state index >= 15 is 0 Å². The van der Waals surface area contributed by atoms with E-state index in [1.807, 2.05) is 13.0 Å². The average Bonchev–Trinajstić information content (AvgIpc) is 2.36. The number of aryl methyl sites for hydroxylation is 2. The molecule has 2 N–H and O–H groups in total. The molecule has 19 heavy (non-hydrogen) atoms. The fourth-order valence-electron chi connectivity index (χ4n) is 1.62. The minimum Gasteiger partial charge on any atom is -0.394 e. The van der Waals surface area contributed by atoms with Crippen molar-refractivity contribution < 1.29 is 18.3 Å². The van der Waals surface area contributed by atoms with E-state index in [1.165, 1.54) is 0 Å². The molecule has 0 aliphatic heterocycles. The zero-order valence-corrected chi connectivity index (χ0v) is 12.2. The Labute approximate surface area is 114 Å². The van der Waals surface area contributed by atoms with Crippen LogP contribution in [-0.2, 0) is 14.8 Å². The van der Waals surface area contributed by atoms with E-state index in [4.69, 9.17) is 9.84 Å². The van der Waals surface area contributed by atoms with Gasteiger partial charge in [-0.25, -0.2) is 13.1 Å². The van der Waals surface area contributed by atoms with Gasteiger partial charge in [0, 0.05) is 13.2 Å². The van der Waals surface area contributed by atoms with E-state index < -0.39 is 10.0 Å². The Hall–Kier alpha value is -0.950. The first kappa shape index (κ1) is 16.1. The summed E-state index contributed by atoms with van der Waals surface area (Å²) >= 11 is 0. The number of aliphatic hydroxyl groups excluding tert-OH is 1. The highest BCUT2D eigenvalue weighted by Crippen LogP contribution is 2.16. The molecular formula is C13H21NO4S. The van der Waals surface area contributed by atoms with Gasteiger partial charge < -0.3 is 9.84 Å². The number of nitrogens with one attached hydrogen (secondary N) is 1. The topological polar surface area (TPSA) is 75.6 Å². The summed E-state index contributed by atoms with van der Waals surface area (Å²) in [5.41, 5.74) is 1.65. The van der Waals surface area contributed by atoms with Gasteiger partial charge in [-0.3, -0.25) is 0 Å². The fraction of sp³-hybridized carbons (Fsp3) is 0.538. The van der Waals surface area contributed by atoms with E-state index in [9.17, 15) is 8.42 Å². The zero-order chi connectivity index (χ0) is 14.3. The summed E-state index contributed by atoms with van der Waals surface area (Å²) < 4.78 is 31.8. The maximum absolute atomic E-state index is 12.1. The van der Waals surface area contributed by atoms with Gasteiger partial charge in [0.25, 0.3) is 0 Å². The van der Waals surface area contributed by atoms with Gasteiger partial charge in [-0.2, -0.15) is 0 Å². The molecule has 0 amide bonds. The summed E-state index contributed by atoms with van der Waals surface area (Å²) in [5, 5.41) is 8.52. The fourth-order valence-corrected chi connectivity index (χ4v) is 3.02. The van der Waals surface area contributed by atoms with E-state index in [2.05, 4.69) is 4.72 Å². The van der Waals surface area contributed by atoms with Crippen LogP contribution in [0.3, 0.4) is 0 Å². The minimum atomic E-state index is -3.46. The monoisotopic (exact) mass is 287 g/mol. The number of sulfonamides is 1. The molecule has 1 aromatic rings. The number of ether oxygens (including phenoxy) is 1. The van der Waals surface area contributed by atoms with Crippen LogP contribution in [0.15, 0.2) is 23.1 Å². The molecule has 0 bridgehead atoms. The highest BCUT2D eigenvalue weighted by atomic mass is 32.2. The molecule has 0 aliphatic carbocycles. The Morgan fingerprint density at radius 2 is 2.00 bits per heavy atom. The highest BCUT2D eigenvalue weighted by molar-refractivity contribution is 7.89. The average molecular weight is 287 g/mol. The molecule has 0 spiro atoms. The van der Waals surface area contributed by atoms with Gasteiger partial charge in [0.2, 0.25) is 10.0 Å². The Balaban J connectivity index is 2.54. The molecule has 0 saturated carbocycles. The molecular weight excluding hydrogens is 266 g/mol. The largest absolute Gasteiger partial charge is 0.394 e. The van der Waals surface area contributed by atoms with Gasteiger partial charge in [0.1, 0.15) is 0 Å². The van der Waals surface area contributed by atoms with Crippen molar-refractivity contribution in [3.8, 4) is 0 Å². The Bertz CT molecular complexity index is 499. The van der Waals surface area contributed by atoms with Gasteiger partial charge in [-0.15, -0.1) is 0 Å². The number of benzene rings is 1. The highest BCUT2D eigenvalue weighted by Gasteiger charge is 2.15. The Morgan fingerprint density at radius 1 is 1.26 bits per heavy atom. The van der Waals surface area contributed by atoms with Crippen molar-refractivity contribution >= 4 is 10.0 Å². The molecule has 6 heteroatoms. The molecule has 1 aromatic carbocycles. The van der Waals surface area contributed by atoms with Crippen molar-refractivity contribution in [3.05, 3.63) is 29.3 Å². The number of hydrogen-bond donors (Lipinski definition) is 2. The van der Waals surface area contributed by atoms with Crippen molar-refractivity contribution in [2.75, 3.05) is 26.4 Å².